The normalized spacial score (nSPS) is 19.6. The van der Waals surface area contributed by atoms with Crippen LogP contribution in [0, 0.1) is 5.92 Å². The second-order valence-corrected chi connectivity index (χ2v) is 9.06. The van der Waals surface area contributed by atoms with E-state index in [0.717, 1.165) is 10.6 Å². The average molecular weight is 394 g/mol. The molecule has 0 radical (unpaired) electrons. The number of anilines is 1. The van der Waals surface area contributed by atoms with Crippen molar-refractivity contribution < 1.29 is 19.1 Å². The van der Waals surface area contributed by atoms with Gasteiger partial charge < -0.3 is 19.9 Å². The number of fused-ring (bicyclic) bond motifs is 1. The molecule has 9 heteroatoms. The summed E-state index contributed by atoms with van der Waals surface area (Å²) in [5, 5.41) is 3.44. The first-order chi connectivity index (χ1) is 12.6. The van der Waals surface area contributed by atoms with Crippen LogP contribution in [0.2, 0.25) is 0 Å². The lowest BCUT2D eigenvalue weighted by molar-refractivity contribution is -0.129. The average Bonchev–Trinajstić information content (AvgIpc) is 3.19. The third-order valence-corrected chi connectivity index (χ3v) is 5.62. The third kappa shape index (κ3) is 4.77. The van der Waals surface area contributed by atoms with Crippen LogP contribution in [-0.4, -0.2) is 57.9 Å². The molecule has 1 atom stereocenters. The predicted molar refractivity (Wildman–Crippen MR) is 101 cm³/mol. The Bertz CT molecular complexity index is 755. The number of amides is 3. The van der Waals surface area contributed by atoms with Crippen LogP contribution in [0.4, 0.5) is 9.93 Å². The number of hydrogen-bond donors (Lipinski definition) is 1. The van der Waals surface area contributed by atoms with Gasteiger partial charge in [0, 0.05) is 37.9 Å². The van der Waals surface area contributed by atoms with E-state index in [9.17, 15) is 14.4 Å². The van der Waals surface area contributed by atoms with Crippen molar-refractivity contribution in [2.75, 3.05) is 25.0 Å². The standard InChI is InChI=1S/C18H26N4O4S/c1-11(23)21-8-6-13-14(10-21)27-16(19-13)20-15(24)12-5-7-22(9-12)17(25)26-18(2,3)4/h12H,5-10H2,1-4H3,(H,19,20,24)/t12-/m0/s1. The molecule has 0 bridgehead atoms. The predicted octanol–water partition coefficient (Wildman–Crippen LogP) is 2.24. The van der Waals surface area contributed by atoms with Gasteiger partial charge in [-0.3, -0.25) is 9.59 Å². The number of ether oxygens (including phenoxy) is 1. The van der Waals surface area contributed by atoms with Crippen LogP contribution < -0.4 is 5.32 Å². The van der Waals surface area contributed by atoms with Gasteiger partial charge >= 0.3 is 6.09 Å². The summed E-state index contributed by atoms with van der Waals surface area (Å²) in [6.45, 7) is 9.10. The maximum absolute atomic E-state index is 12.6. The minimum absolute atomic E-state index is 0.0489. The van der Waals surface area contributed by atoms with Gasteiger partial charge in [-0.1, -0.05) is 11.3 Å². The molecule has 3 amide bonds. The van der Waals surface area contributed by atoms with Crippen molar-refractivity contribution in [3.8, 4) is 0 Å². The Morgan fingerprint density at radius 2 is 1.96 bits per heavy atom. The summed E-state index contributed by atoms with van der Waals surface area (Å²) < 4.78 is 5.37. The molecule has 8 nitrogen and oxygen atoms in total. The van der Waals surface area contributed by atoms with Gasteiger partial charge in [0.05, 0.1) is 18.2 Å². The van der Waals surface area contributed by atoms with Crippen LogP contribution in [0.1, 0.15) is 44.7 Å². The Kier molecular flexibility index (Phi) is 5.41. The number of nitrogens with zero attached hydrogens (tertiary/aromatic N) is 3. The fourth-order valence-corrected chi connectivity index (χ4v) is 4.22. The molecule has 1 aromatic heterocycles. The van der Waals surface area contributed by atoms with Crippen molar-refractivity contribution in [3.05, 3.63) is 10.6 Å². The number of aromatic nitrogens is 1. The number of carbonyl (C=O) groups excluding carboxylic acids is 3. The van der Waals surface area contributed by atoms with Crippen LogP contribution in [0.5, 0.6) is 0 Å². The Morgan fingerprint density at radius 3 is 2.63 bits per heavy atom. The van der Waals surface area contributed by atoms with Gasteiger partial charge in [-0.25, -0.2) is 9.78 Å². The van der Waals surface area contributed by atoms with Crippen LogP contribution in [0.15, 0.2) is 0 Å². The molecule has 0 unspecified atom stereocenters. The van der Waals surface area contributed by atoms with Crippen LogP contribution in [0.25, 0.3) is 0 Å². The van der Waals surface area contributed by atoms with E-state index in [1.54, 1.807) is 16.7 Å². The highest BCUT2D eigenvalue weighted by Crippen LogP contribution is 2.29. The summed E-state index contributed by atoms with van der Waals surface area (Å²) >= 11 is 1.42. The summed E-state index contributed by atoms with van der Waals surface area (Å²) in [6, 6.07) is 0. The monoisotopic (exact) mass is 394 g/mol. The van der Waals surface area contributed by atoms with Gasteiger partial charge in [0.15, 0.2) is 5.13 Å². The van der Waals surface area contributed by atoms with E-state index in [0.29, 0.717) is 44.2 Å². The van der Waals surface area contributed by atoms with Crippen molar-refractivity contribution in [1.29, 1.82) is 0 Å². The molecule has 1 fully saturated rings. The Balaban J connectivity index is 1.56. The lowest BCUT2D eigenvalue weighted by atomic mass is 10.1. The number of hydrogen-bond acceptors (Lipinski definition) is 6. The maximum Gasteiger partial charge on any atom is 0.410 e. The van der Waals surface area contributed by atoms with Gasteiger partial charge in [-0.05, 0) is 27.2 Å². The summed E-state index contributed by atoms with van der Waals surface area (Å²) in [6.07, 6.45) is 0.928. The van der Waals surface area contributed by atoms with Crippen molar-refractivity contribution in [3.63, 3.8) is 0 Å². The highest BCUT2D eigenvalue weighted by Gasteiger charge is 2.34. The first-order valence-electron chi connectivity index (χ1n) is 9.15. The molecule has 148 valence electrons. The Morgan fingerprint density at radius 1 is 1.22 bits per heavy atom. The fourth-order valence-electron chi connectivity index (χ4n) is 3.19. The topological polar surface area (TPSA) is 91.8 Å². The van der Waals surface area contributed by atoms with Crippen molar-refractivity contribution >= 4 is 34.4 Å². The summed E-state index contributed by atoms with van der Waals surface area (Å²) in [5.41, 5.74) is 0.403. The minimum Gasteiger partial charge on any atom is -0.444 e. The van der Waals surface area contributed by atoms with Crippen LogP contribution in [0.3, 0.4) is 0 Å². The molecular weight excluding hydrogens is 368 g/mol. The van der Waals surface area contributed by atoms with Gasteiger partial charge in [-0.2, -0.15) is 0 Å². The lowest BCUT2D eigenvalue weighted by Crippen LogP contribution is -2.36. The lowest BCUT2D eigenvalue weighted by Gasteiger charge is -2.24. The summed E-state index contributed by atoms with van der Waals surface area (Å²) in [5.74, 6) is -0.351. The molecule has 0 aromatic carbocycles. The van der Waals surface area contributed by atoms with E-state index in [2.05, 4.69) is 10.3 Å². The molecular formula is C18H26N4O4S. The molecule has 2 aliphatic heterocycles. The second-order valence-electron chi connectivity index (χ2n) is 7.98. The maximum atomic E-state index is 12.6. The summed E-state index contributed by atoms with van der Waals surface area (Å²) in [4.78, 5) is 45.1. The number of likely N-dealkylation sites (tertiary alicyclic amines) is 1. The first-order valence-corrected chi connectivity index (χ1v) is 9.97. The van der Waals surface area contributed by atoms with Gasteiger partial charge in [0.2, 0.25) is 11.8 Å². The number of carbonyl (C=O) groups is 3. The molecule has 3 rings (SSSR count). The van der Waals surface area contributed by atoms with E-state index in [-0.39, 0.29) is 23.8 Å². The third-order valence-electron chi connectivity index (χ3n) is 4.62. The zero-order chi connectivity index (χ0) is 19.8. The molecule has 1 saturated heterocycles. The molecule has 0 spiro atoms. The molecule has 1 N–H and O–H groups in total. The molecule has 0 aliphatic carbocycles. The van der Waals surface area contributed by atoms with E-state index < -0.39 is 5.60 Å². The van der Waals surface area contributed by atoms with Crippen LogP contribution in [-0.2, 0) is 27.3 Å². The van der Waals surface area contributed by atoms with E-state index in [4.69, 9.17) is 4.74 Å². The number of rotatable bonds is 2. The van der Waals surface area contributed by atoms with Gasteiger partial charge in [0.25, 0.3) is 0 Å². The van der Waals surface area contributed by atoms with Crippen LogP contribution >= 0.6 is 11.3 Å². The zero-order valence-corrected chi connectivity index (χ0v) is 17.0. The molecule has 0 saturated carbocycles. The van der Waals surface area contributed by atoms with Crippen molar-refractivity contribution in [2.45, 2.75) is 52.7 Å². The molecule has 1 aromatic rings. The van der Waals surface area contributed by atoms with E-state index in [1.165, 1.54) is 11.3 Å². The fraction of sp³-hybridized carbons (Fsp3) is 0.667. The highest BCUT2D eigenvalue weighted by molar-refractivity contribution is 7.15. The molecule has 3 heterocycles. The van der Waals surface area contributed by atoms with Gasteiger partial charge in [-0.15, -0.1) is 0 Å². The smallest absolute Gasteiger partial charge is 0.410 e. The first kappa shape index (κ1) is 19.6. The number of thiazole rings is 1. The SMILES string of the molecule is CC(=O)N1CCc2nc(NC(=O)[C@H]3CCN(C(=O)OC(C)(C)C)C3)sc2C1. The Labute approximate surface area is 162 Å². The Hall–Kier alpha value is -2.16. The second kappa shape index (κ2) is 7.46. The quantitative estimate of drug-likeness (QED) is 0.831. The van der Waals surface area contributed by atoms with E-state index >= 15 is 0 Å². The number of nitrogens with one attached hydrogen (secondary N) is 1. The molecule has 27 heavy (non-hydrogen) atoms. The zero-order valence-electron chi connectivity index (χ0n) is 16.2. The van der Waals surface area contributed by atoms with Gasteiger partial charge in [0.1, 0.15) is 5.60 Å². The van der Waals surface area contributed by atoms with Crippen molar-refractivity contribution in [1.82, 2.24) is 14.8 Å². The minimum atomic E-state index is -0.550. The largest absolute Gasteiger partial charge is 0.444 e. The van der Waals surface area contributed by atoms with Crippen molar-refractivity contribution in [2.24, 2.45) is 5.92 Å². The summed E-state index contributed by atoms with van der Waals surface area (Å²) in [7, 11) is 0. The molecule has 2 aliphatic rings. The highest BCUT2D eigenvalue weighted by atomic mass is 32.1. The van der Waals surface area contributed by atoms with E-state index in [1.807, 2.05) is 20.8 Å².